The number of nitrogens with zero attached hydrogens (tertiary/aromatic N) is 1. The summed E-state index contributed by atoms with van der Waals surface area (Å²) in [6.45, 7) is 2.37. The lowest BCUT2D eigenvalue weighted by Crippen LogP contribution is -2.35. The quantitative estimate of drug-likeness (QED) is 0.564. The molecule has 106 valence electrons. The van der Waals surface area contributed by atoms with E-state index in [4.69, 9.17) is 11.2 Å². The largest absolute Gasteiger partial charge is 0.465 e. The molecular formula is C16H19NO3. The molecule has 0 aromatic heterocycles. The second-order valence-corrected chi connectivity index (χ2v) is 4.24. The Kier molecular flexibility index (Phi) is 6.91. The molecule has 0 aliphatic carbocycles. The normalized spacial score (nSPS) is 9.60. The summed E-state index contributed by atoms with van der Waals surface area (Å²) >= 11 is 0. The van der Waals surface area contributed by atoms with Crippen molar-refractivity contribution in [2.45, 2.75) is 26.3 Å². The van der Waals surface area contributed by atoms with E-state index in [1.54, 1.807) is 6.92 Å². The molecule has 1 amide bonds. The number of benzene rings is 1. The molecule has 0 fully saturated rings. The van der Waals surface area contributed by atoms with Gasteiger partial charge in [-0.3, -0.25) is 9.59 Å². The zero-order valence-electron chi connectivity index (χ0n) is 11.7. The molecule has 0 saturated carbocycles. The van der Waals surface area contributed by atoms with E-state index >= 15 is 0 Å². The van der Waals surface area contributed by atoms with Gasteiger partial charge in [-0.15, -0.1) is 12.3 Å². The monoisotopic (exact) mass is 273 g/mol. The minimum Gasteiger partial charge on any atom is -0.465 e. The summed E-state index contributed by atoms with van der Waals surface area (Å²) in [4.78, 5) is 25.1. The Morgan fingerprint density at radius 3 is 2.60 bits per heavy atom. The van der Waals surface area contributed by atoms with Crippen LogP contribution in [0.15, 0.2) is 30.3 Å². The third-order valence-electron chi connectivity index (χ3n) is 2.68. The summed E-state index contributed by atoms with van der Waals surface area (Å²) in [6, 6.07) is 9.51. The number of hydrogen-bond donors (Lipinski definition) is 0. The van der Waals surface area contributed by atoms with Crippen molar-refractivity contribution in [3.05, 3.63) is 35.9 Å². The van der Waals surface area contributed by atoms with Crippen LogP contribution < -0.4 is 0 Å². The fourth-order valence-electron chi connectivity index (χ4n) is 1.74. The third kappa shape index (κ3) is 5.57. The van der Waals surface area contributed by atoms with Crippen molar-refractivity contribution in [2.24, 2.45) is 0 Å². The molecule has 20 heavy (non-hydrogen) atoms. The van der Waals surface area contributed by atoms with Gasteiger partial charge in [-0.1, -0.05) is 30.3 Å². The molecule has 0 atom stereocenters. The van der Waals surface area contributed by atoms with Gasteiger partial charge in [0.2, 0.25) is 5.91 Å². The average Bonchev–Trinajstić information content (AvgIpc) is 2.45. The van der Waals surface area contributed by atoms with Crippen molar-refractivity contribution in [1.29, 1.82) is 0 Å². The predicted molar refractivity (Wildman–Crippen MR) is 76.6 cm³/mol. The predicted octanol–water partition coefficient (Wildman–Crippen LogP) is 1.99. The molecule has 0 spiro atoms. The van der Waals surface area contributed by atoms with Gasteiger partial charge in [0.25, 0.3) is 0 Å². The average molecular weight is 273 g/mol. The summed E-state index contributed by atoms with van der Waals surface area (Å²) in [6.07, 6.45) is 5.77. The highest BCUT2D eigenvalue weighted by atomic mass is 16.5. The number of amides is 1. The molecule has 0 aliphatic heterocycles. The Morgan fingerprint density at radius 1 is 1.30 bits per heavy atom. The minimum atomic E-state index is -0.405. The summed E-state index contributed by atoms with van der Waals surface area (Å²) < 4.78 is 4.89. The molecule has 4 heteroatoms. The van der Waals surface area contributed by atoms with Crippen molar-refractivity contribution in [3.63, 3.8) is 0 Å². The van der Waals surface area contributed by atoms with Crippen LogP contribution in [0.3, 0.4) is 0 Å². The maximum Gasteiger partial charge on any atom is 0.325 e. The van der Waals surface area contributed by atoms with Crippen LogP contribution in [-0.4, -0.2) is 29.9 Å². The first-order chi connectivity index (χ1) is 9.67. The SMILES string of the molecule is C#CCCC(=O)N(CC(=O)OCC)Cc1ccccc1. The van der Waals surface area contributed by atoms with E-state index in [2.05, 4.69) is 5.92 Å². The van der Waals surface area contributed by atoms with Gasteiger partial charge in [0.15, 0.2) is 0 Å². The number of carbonyl (C=O) groups excluding carboxylic acids is 2. The van der Waals surface area contributed by atoms with Crippen LogP contribution in [0.4, 0.5) is 0 Å². The van der Waals surface area contributed by atoms with Gasteiger partial charge in [-0.25, -0.2) is 0 Å². The number of ether oxygens (including phenoxy) is 1. The van der Waals surface area contributed by atoms with E-state index in [1.807, 2.05) is 30.3 Å². The summed E-state index contributed by atoms with van der Waals surface area (Å²) in [5.41, 5.74) is 0.964. The zero-order chi connectivity index (χ0) is 14.8. The summed E-state index contributed by atoms with van der Waals surface area (Å²) in [5, 5.41) is 0. The summed E-state index contributed by atoms with van der Waals surface area (Å²) in [5.74, 6) is 1.89. The number of carbonyl (C=O) groups is 2. The standard InChI is InChI=1S/C16H19NO3/c1-3-5-11-15(18)17(13-16(19)20-4-2)12-14-9-7-6-8-10-14/h1,6-10H,4-5,11-13H2,2H3. The Morgan fingerprint density at radius 2 is 2.00 bits per heavy atom. The molecule has 0 saturated heterocycles. The molecule has 0 heterocycles. The Hall–Kier alpha value is -2.28. The molecule has 0 unspecified atom stereocenters. The molecule has 0 aliphatic rings. The Balaban J connectivity index is 2.70. The molecule has 1 rings (SSSR count). The van der Waals surface area contributed by atoms with Crippen LogP contribution in [0.5, 0.6) is 0 Å². The molecule has 0 radical (unpaired) electrons. The van der Waals surface area contributed by atoms with Crippen molar-refractivity contribution in [3.8, 4) is 12.3 Å². The van der Waals surface area contributed by atoms with Gasteiger partial charge in [0, 0.05) is 19.4 Å². The first-order valence-corrected chi connectivity index (χ1v) is 6.58. The molecule has 1 aromatic carbocycles. The van der Waals surface area contributed by atoms with Gasteiger partial charge in [0.1, 0.15) is 6.54 Å². The Labute approximate surface area is 119 Å². The lowest BCUT2D eigenvalue weighted by molar-refractivity contribution is -0.149. The van der Waals surface area contributed by atoms with Crippen molar-refractivity contribution < 1.29 is 14.3 Å². The van der Waals surface area contributed by atoms with Crippen LogP contribution in [0.1, 0.15) is 25.3 Å². The first kappa shape index (κ1) is 15.8. The number of terminal acetylenes is 1. The second-order valence-electron chi connectivity index (χ2n) is 4.24. The van der Waals surface area contributed by atoms with Crippen LogP contribution in [0.2, 0.25) is 0 Å². The van der Waals surface area contributed by atoms with Crippen LogP contribution >= 0.6 is 0 Å². The van der Waals surface area contributed by atoms with Gasteiger partial charge >= 0.3 is 5.97 Å². The first-order valence-electron chi connectivity index (χ1n) is 6.58. The lowest BCUT2D eigenvalue weighted by atomic mass is 10.2. The number of esters is 1. The van der Waals surface area contributed by atoms with E-state index in [1.165, 1.54) is 4.90 Å². The highest BCUT2D eigenvalue weighted by Gasteiger charge is 2.17. The maximum atomic E-state index is 12.1. The molecule has 0 N–H and O–H groups in total. The highest BCUT2D eigenvalue weighted by Crippen LogP contribution is 2.07. The summed E-state index contributed by atoms with van der Waals surface area (Å²) in [7, 11) is 0. The number of hydrogen-bond acceptors (Lipinski definition) is 3. The van der Waals surface area contributed by atoms with Crippen LogP contribution in [-0.2, 0) is 20.9 Å². The molecule has 4 nitrogen and oxygen atoms in total. The fourth-order valence-corrected chi connectivity index (χ4v) is 1.74. The second kappa shape index (κ2) is 8.76. The van der Waals surface area contributed by atoms with E-state index in [0.717, 1.165) is 5.56 Å². The van der Waals surface area contributed by atoms with Crippen molar-refractivity contribution in [1.82, 2.24) is 4.90 Å². The minimum absolute atomic E-state index is 0.0495. The van der Waals surface area contributed by atoms with Gasteiger partial charge in [-0.2, -0.15) is 0 Å². The lowest BCUT2D eigenvalue weighted by Gasteiger charge is -2.21. The van der Waals surface area contributed by atoms with Gasteiger partial charge < -0.3 is 9.64 Å². The highest BCUT2D eigenvalue weighted by molar-refractivity contribution is 5.82. The number of rotatable bonds is 7. The van der Waals surface area contributed by atoms with E-state index in [0.29, 0.717) is 19.6 Å². The van der Waals surface area contributed by atoms with Gasteiger partial charge in [-0.05, 0) is 12.5 Å². The van der Waals surface area contributed by atoms with E-state index < -0.39 is 5.97 Å². The van der Waals surface area contributed by atoms with E-state index in [-0.39, 0.29) is 18.9 Å². The third-order valence-corrected chi connectivity index (χ3v) is 2.68. The topological polar surface area (TPSA) is 46.6 Å². The fraction of sp³-hybridized carbons (Fsp3) is 0.375. The smallest absolute Gasteiger partial charge is 0.325 e. The van der Waals surface area contributed by atoms with Crippen molar-refractivity contribution >= 4 is 11.9 Å². The molecule has 0 bridgehead atoms. The van der Waals surface area contributed by atoms with Crippen LogP contribution in [0.25, 0.3) is 0 Å². The van der Waals surface area contributed by atoms with Crippen LogP contribution in [0, 0.1) is 12.3 Å². The van der Waals surface area contributed by atoms with E-state index in [9.17, 15) is 9.59 Å². The Bertz CT molecular complexity index is 476. The maximum absolute atomic E-state index is 12.1. The zero-order valence-corrected chi connectivity index (χ0v) is 11.7. The van der Waals surface area contributed by atoms with Gasteiger partial charge in [0.05, 0.1) is 6.61 Å². The van der Waals surface area contributed by atoms with Crippen molar-refractivity contribution in [2.75, 3.05) is 13.2 Å². The molecular weight excluding hydrogens is 254 g/mol. The molecule has 1 aromatic rings.